The lowest BCUT2D eigenvalue weighted by Gasteiger charge is -2.45. The Bertz CT molecular complexity index is 2000. The summed E-state index contributed by atoms with van der Waals surface area (Å²) in [6.45, 7) is 0.442. The van der Waals surface area contributed by atoms with E-state index in [1.54, 1.807) is 0 Å². The predicted molar refractivity (Wildman–Crippen MR) is 214 cm³/mol. The third-order valence-electron chi connectivity index (χ3n) is 9.61. The van der Waals surface area contributed by atoms with Gasteiger partial charge in [-0.3, -0.25) is 5.41 Å². The highest BCUT2D eigenvalue weighted by atomic mass is 35.6. The Labute approximate surface area is 340 Å². The number of ether oxygens (including phenoxy) is 7. The van der Waals surface area contributed by atoms with Crippen molar-refractivity contribution in [3.8, 4) is 11.1 Å². The Morgan fingerprint density at radius 3 is 1.61 bits per heavy atom. The molecule has 9 nitrogen and oxygen atoms in total. The summed E-state index contributed by atoms with van der Waals surface area (Å²) >= 11 is 18.3. The molecule has 5 aromatic carbocycles. The second kappa shape index (κ2) is 18.7. The molecule has 0 unspecified atom stereocenters. The molecule has 0 spiro atoms. The van der Waals surface area contributed by atoms with E-state index in [0.717, 1.165) is 38.9 Å². The zero-order valence-electron chi connectivity index (χ0n) is 30.2. The minimum absolute atomic E-state index is 0.0165. The van der Waals surface area contributed by atoms with Crippen molar-refractivity contribution < 1.29 is 38.0 Å². The topological polar surface area (TPSA) is 106 Å². The maximum atomic E-state index is 14.0. The number of nitrogens with one attached hydrogen (secondary N) is 1. The number of halogens is 3. The quantitative estimate of drug-likeness (QED) is 0.0512. The number of hydrogen-bond donors (Lipinski definition) is 1. The fraction of sp³-hybridized carbons (Fsp3) is 0.273. The van der Waals surface area contributed by atoms with Crippen LogP contribution in [0.15, 0.2) is 140 Å². The average Bonchev–Trinajstić information content (AvgIpc) is 3.53. The molecule has 290 valence electrons. The molecule has 1 aliphatic carbocycles. The average molecular weight is 817 g/mol. The molecule has 1 N–H and O–H groups in total. The van der Waals surface area contributed by atoms with Crippen LogP contribution in [0.4, 0.5) is 4.79 Å². The molecule has 0 aromatic heterocycles. The maximum absolute atomic E-state index is 14.0. The molecular formula is C44H40Cl3NO8. The van der Waals surface area contributed by atoms with Crippen molar-refractivity contribution in [3.05, 3.63) is 167 Å². The standard InChI is InChI=1S/C44H40Cl3NO8/c45-44(46,47)42(48)56-41-40(52-26-31-18-8-3-9-19-31)39(55-43(49)53-27-36-34-22-12-10-20-32(34)33-21-11-13-23-35(33)36)38(51-25-30-16-6-2-7-17-30)37(54-41)28-50-24-29-14-4-1-5-15-29/h1-23,36-41,48H,24-28H2/t37-,38+,39+,40-,41-/m1/s1. The third kappa shape index (κ3) is 9.91. The summed E-state index contributed by atoms with van der Waals surface area (Å²) in [5, 5.41) is 8.46. The van der Waals surface area contributed by atoms with E-state index in [4.69, 9.17) is 73.4 Å². The molecule has 0 amide bonds. The highest BCUT2D eigenvalue weighted by Gasteiger charge is 2.52. The summed E-state index contributed by atoms with van der Waals surface area (Å²) in [7, 11) is 0. The first-order valence-electron chi connectivity index (χ1n) is 18.2. The van der Waals surface area contributed by atoms with Crippen LogP contribution in [0.3, 0.4) is 0 Å². The van der Waals surface area contributed by atoms with Gasteiger partial charge in [0.05, 0.1) is 26.4 Å². The van der Waals surface area contributed by atoms with E-state index >= 15 is 0 Å². The van der Waals surface area contributed by atoms with Crippen LogP contribution >= 0.6 is 34.8 Å². The Morgan fingerprint density at radius 2 is 1.07 bits per heavy atom. The highest BCUT2D eigenvalue weighted by Crippen LogP contribution is 2.44. The van der Waals surface area contributed by atoms with Crippen molar-refractivity contribution in [1.29, 1.82) is 5.41 Å². The van der Waals surface area contributed by atoms with Crippen molar-refractivity contribution in [3.63, 3.8) is 0 Å². The summed E-state index contributed by atoms with van der Waals surface area (Å²) in [6, 6.07) is 44.7. The van der Waals surface area contributed by atoms with Crippen LogP contribution in [0, 0.1) is 5.41 Å². The van der Waals surface area contributed by atoms with Gasteiger partial charge in [0.1, 0.15) is 18.8 Å². The number of alkyl halides is 3. The number of hydrogen-bond acceptors (Lipinski definition) is 9. The molecule has 5 aromatic rings. The van der Waals surface area contributed by atoms with Crippen molar-refractivity contribution in [2.45, 2.75) is 60.2 Å². The van der Waals surface area contributed by atoms with Crippen molar-refractivity contribution in [2.24, 2.45) is 0 Å². The monoisotopic (exact) mass is 815 g/mol. The van der Waals surface area contributed by atoms with Crippen LogP contribution < -0.4 is 0 Å². The molecule has 0 radical (unpaired) electrons. The van der Waals surface area contributed by atoms with Crippen LogP contribution in [0.1, 0.15) is 33.7 Å². The Morgan fingerprint density at radius 1 is 0.589 bits per heavy atom. The summed E-state index contributed by atoms with van der Waals surface area (Å²) in [5.41, 5.74) is 6.91. The Kier molecular flexibility index (Phi) is 13.3. The molecule has 1 fully saturated rings. The van der Waals surface area contributed by atoms with Crippen LogP contribution in [0.5, 0.6) is 0 Å². The summed E-state index contributed by atoms with van der Waals surface area (Å²) in [6.07, 6.45) is -6.68. The van der Waals surface area contributed by atoms with Gasteiger partial charge in [0, 0.05) is 5.92 Å². The predicted octanol–water partition coefficient (Wildman–Crippen LogP) is 9.80. The van der Waals surface area contributed by atoms with Gasteiger partial charge in [0.25, 0.3) is 3.79 Å². The summed E-state index contributed by atoms with van der Waals surface area (Å²) in [5.74, 6) is -0.923. The number of rotatable bonds is 14. The molecule has 0 bridgehead atoms. The number of fused-ring (bicyclic) bond motifs is 3. The molecule has 7 rings (SSSR count). The molecule has 5 atom stereocenters. The molecular weight excluding hydrogens is 777 g/mol. The summed E-state index contributed by atoms with van der Waals surface area (Å²) < 4.78 is 41.5. The van der Waals surface area contributed by atoms with Gasteiger partial charge in [-0.25, -0.2) is 4.79 Å². The van der Waals surface area contributed by atoms with E-state index in [-0.39, 0.29) is 39.0 Å². The van der Waals surface area contributed by atoms with Crippen molar-refractivity contribution >= 4 is 46.9 Å². The van der Waals surface area contributed by atoms with E-state index in [9.17, 15) is 4.79 Å². The fourth-order valence-corrected chi connectivity index (χ4v) is 7.07. The molecule has 56 heavy (non-hydrogen) atoms. The van der Waals surface area contributed by atoms with Gasteiger partial charge in [0.15, 0.2) is 12.2 Å². The lowest BCUT2D eigenvalue weighted by atomic mass is 9.98. The third-order valence-corrected chi connectivity index (χ3v) is 10.1. The van der Waals surface area contributed by atoms with Gasteiger partial charge in [-0.2, -0.15) is 0 Å². The molecule has 2 aliphatic rings. The van der Waals surface area contributed by atoms with Crippen LogP contribution in [0.25, 0.3) is 11.1 Å². The van der Waals surface area contributed by atoms with E-state index in [1.807, 2.05) is 127 Å². The van der Waals surface area contributed by atoms with Gasteiger partial charge in [-0.15, -0.1) is 0 Å². The van der Waals surface area contributed by atoms with Gasteiger partial charge in [-0.05, 0) is 38.9 Å². The first-order chi connectivity index (χ1) is 27.2. The van der Waals surface area contributed by atoms with Crippen LogP contribution in [-0.2, 0) is 53.0 Å². The lowest BCUT2D eigenvalue weighted by Crippen LogP contribution is -2.62. The number of benzene rings is 5. The first kappa shape index (κ1) is 39.8. The van der Waals surface area contributed by atoms with Crippen LogP contribution in [-0.4, -0.2) is 59.8 Å². The minimum atomic E-state index is -2.23. The Hall–Kier alpha value is -4.45. The van der Waals surface area contributed by atoms with E-state index < -0.39 is 46.6 Å². The molecule has 12 heteroatoms. The zero-order chi connectivity index (χ0) is 38.9. The number of carbonyl (C=O) groups excluding carboxylic acids is 1. The van der Waals surface area contributed by atoms with Crippen molar-refractivity contribution in [2.75, 3.05) is 13.2 Å². The van der Waals surface area contributed by atoms with Gasteiger partial charge in [0.2, 0.25) is 12.2 Å². The molecule has 0 saturated carbocycles. The Balaban J connectivity index is 1.19. The minimum Gasteiger partial charge on any atom is -0.445 e. The molecule has 1 saturated heterocycles. The van der Waals surface area contributed by atoms with Crippen molar-refractivity contribution in [1.82, 2.24) is 0 Å². The van der Waals surface area contributed by atoms with Gasteiger partial charge < -0.3 is 33.2 Å². The van der Waals surface area contributed by atoms with E-state index in [1.165, 1.54) is 0 Å². The normalized spacial score (nSPS) is 20.4. The molecule has 1 heterocycles. The SMILES string of the molecule is N=C(O[C@H]1O[C@H](COCc2ccccc2)[C@H](OCc2ccccc2)[C@H](OC(=O)OCC2c3ccccc3-c3ccccc32)[C@H]1OCc1ccccc1)C(Cl)(Cl)Cl. The first-order valence-corrected chi connectivity index (χ1v) is 19.3. The maximum Gasteiger partial charge on any atom is 0.508 e. The van der Waals surface area contributed by atoms with E-state index in [0.29, 0.717) is 0 Å². The lowest BCUT2D eigenvalue weighted by molar-refractivity contribution is -0.305. The van der Waals surface area contributed by atoms with Gasteiger partial charge in [-0.1, -0.05) is 174 Å². The number of carbonyl (C=O) groups is 1. The second-order valence-corrected chi connectivity index (χ2v) is 15.7. The largest absolute Gasteiger partial charge is 0.508 e. The molecule has 1 aliphatic heterocycles. The van der Waals surface area contributed by atoms with E-state index in [2.05, 4.69) is 12.1 Å². The van der Waals surface area contributed by atoms with Crippen LogP contribution in [0.2, 0.25) is 0 Å². The second-order valence-electron chi connectivity index (χ2n) is 13.4. The fourth-order valence-electron chi connectivity index (χ4n) is 6.94. The smallest absolute Gasteiger partial charge is 0.445 e. The summed E-state index contributed by atoms with van der Waals surface area (Å²) in [4.78, 5) is 14.0. The highest BCUT2D eigenvalue weighted by molar-refractivity contribution is 6.76. The van der Waals surface area contributed by atoms with Gasteiger partial charge >= 0.3 is 6.16 Å². The zero-order valence-corrected chi connectivity index (χ0v) is 32.4.